The number of amides is 1. The number of anilines is 1. The molecule has 0 fully saturated rings. The largest absolute Gasteiger partial charge is 0.493 e. The van der Waals surface area contributed by atoms with Crippen LogP contribution in [0.25, 0.3) is 10.2 Å². The van der Waals surface area contributed by atoms with Crippen LogP contribution >= 0.6 is 11.3 Å². The molecule has 0 atom stereocenters. The molecular weight excluding hydrogens is 384 g/mol. The third kappa shape index (κ3) is 3.99. The first-order valence-electron chi connectivity index (χ1n) is 8.19. The molecule has 1 heterocycles. The van der Waals surface area contributed by atoms with Crippen molar-refractivity contribution in [3.05, 3.63) is 42.0 Å². The number of benzene rings is 2. The molecule has 1 aromatic heterocycles. The van der Waals surface area contributed by atoms with Crippen molar-refractivity contribution < 1.29 is 28.5 Å². The standard InChI is InChI=1S/C19H18N2O6S/c1-24-13-9-8-11(16(25-2)17(13)26-3)18(23)27-10-15(22)21-19-20-12-6-4-5-7-14(12)28-19/h4-9H,10H2,1-3H3,(H,20,21,22). The zero-order valence-electron chi connectivity index (χ0n) is 15.5. The van der Waals surface area contributed by atoms with Crippen molar-refractivity contribution in [1.82, 2.24) is 4.98 Å². The van der Waals surface area contributed by atoms with Gasteiger partial charge in [-0.25, -0.2) is 9.78 Å². The Morgan fingerprint density at radius 1 is 1.00 bits per heavy atom. The first-order chi connectivity index (χ1) is 13.6. The molecule has 3 aromatic rings. The molecule has 0 unspecified atom stereocenters. The lowest BCUT2D eigenvalue weighted by Crippen LogP contribution is -2.21. The maximum Gasteiger partial charge on any atom is 0.342 e. The Kier molecular flexibility index (Phi) is 5.95. The van der Waals surface area contributed by atoms with Gasteiger partial charge in [0.2, 0.25) is 5.75 Å². The first-order valence-corrected chi connectivity index (χ1v) is 9.00. The second-order valence-electron chi connectivity index (χ2n) is 5.49. The molecule has 3 rings (SSSR count). The maximum absolute atomic E-state index is 12.4. The minimum Gasteiger partial charge on any atom is -0.493 e. The van der Waals surface area contributed by atoms with Gasteiger partial charge in [-0.05, 0) is 24.3 Å². The minimum atomic E-state index is -0.725. The maximum atomic E-state index is 12.4. The number of aromatic nitrogens is 1. The third-order valence-corrected chi connectivity index (χ3v) is 4.75. The summed E-state index contributed by atoms with van der Waals surface area (Å²) in [5.74, 6) is -0.384. The van der Waals surface area contributed by atoms with Crippen molar-refractivity contribution in [3.63, 3.8) is 0 Å². The molecular formula is C19H18N2O6S. The smallest absolute Gasteiger partial charge is 0.342 e. The summed E-state index contributed by atoms with van der Waals surface area (Å²) in [6.45, 7) is -0.466. The molecule has 0 saturated heterocycles. The molecule has 9 heteroatoms. The molecule has 1 amide bonds. The second kappa shape index (κ2) is 8.57. The van der Waals surface area contributed by atoms with Crippen molar-refractivity contribution in [2.45, 2.75) is 0 Å². The average Bonchev–Trinajstić information content (AvgIpc) is 3.12. The summed E-state index contributed by atoms with van der Waals surface area (Å²) in [7, 11) is 4.30. The number of nitrogens with zero attached hydrogens (tertiary/aromatic N) is 1. The van der Waals surface area contributed by atoms with E-state index in [-0.39, 0.29) is 17.1 Å². The van der Waals surface area contributed by atoms with E-state index in [2.05, 4.69) is 10.3 Å². The number of hydrogen-bond acceptors (Lipinski definition) is 8. The topological polar surface area (TPSA) is 96.0 Å². The molecule has 0 radical (unpaired) electrons. The molecule has 28 heavy (non-hydrogen) atoms. The molecule has 0 aliphatic heterocycles. The molecule has 8 nitrogen and oxygen atoms in total. The Morgan fingerprint density at radius 3 is 2.43 bits per heavy atom. The Balaban J connectivity index is 1.67. The van der Waals surface area contributed by atoms with Gasteiger partial charge in [-0.3, -0.25) is 10.1 Å². The van der Waals surface area contributed by atoms with Crippen molar-refractivity contribution >= 4 is 38.6 Å². The number of esters is 1. The van der Waals surface area contributed by atoms with Gasteiger partial charge in [0.15, 0.2) is 23.2 Å². The van der Waals surface area contributed by atoms with Gasteiger partial charge in [-0.2, -0.15) is 0 Å². The van der Waals surface area contributed by atoms with E-state index in [0.29, 0.717) is 10.9 Å². The molecule has 0 bridgehead atoms. The number of ether oxygens (including phenoxy) is 4. The third-order valence-electron chi connectivity index (χ3n) is 3.80. The highest BCUT2D eigenvalue weighted by atomic mass is 32.1. The Labute approximate surface area is 165 Å². The quantitative estimate of drug-likeness (QED) is 0.607. The van der Waals surface area contributed by atoms with E-state index < -0.39 is 18.5 Å². The molecule has 0 saturated carbocycles. The van der Waals surface area contributed by atoms with Gasteiger partial charge in [-0.1, -0.05) is 23.5 Å². The molecule has 0 aliphatic carbocycles. The van der Waals surface area contributed by atoms with Crippen LogP contribution in [0.2, 0.25) is 0 Å². The monoisotopic (exact) mass is 402 g/mol. The molecule has 1 N–H and O–H groups in total. The van der Waals surface area contributed by atoms with Gasteiger partial charge >= 0.3 is 5.97 Å². The zero-order valence-corrected chi connectivity index (χ0v) is 16.3. The number of fused-ring (bicyclic) bond motifs is 1. The number of methoxy groups -OCH3 is 3. The highest BCUT2D eigenvalue weighted by Gasteiger charge is 2.22. The lowest BCUT2D eigenvalue weighted by atomic mass is 10.1. The van der Waals surface area contributed by atoms with Crippen LogP contribution in [0, 0.1) is 0 Å². The van der Waals surface area contributed by atoms with Crippen LogP contribution in [0.4, 0.5) is 5.13 Å². The summed E-state index contributed by atoms with van der Waals surface area (Å²) in [6.07, 6.45) is 0. The van der Waals surface area contributed by atoms with Crippen molar-refractivity contribution in [2.24, 2.45) is 0 Å². The number of hydrogen-bond donors (Lipinski definition) is 1. The van der Waals surface area contributed by atoms with Gasteiger partial charge in [0.05, 0.1) is 31.5 Å². The van der Waals surface area contributed by atoms with Crippen LogP contribution in [-0.2, 0) is 9.53 Å². The Morgan fingerprint density at radius 2 is 1.75 bits per heavy atom. The fourth-order valence-corrected chi connectivity index (χ4v) is 3.43. The van der Waals surface area contributed by atoms with E-state index in [1.807, 2.05) is 24.3 Å². The summed E-state index contributed by atoms with van der Waals surface area (Å²) in [5, 5.41) is 3.06. The van der Waals surface area contributed by atoms with Crippen molar-refractivity contribution in [3.8, 4) is 17.2 Å². The minimum absolute atomic E-state index is 0.118. The number of carbonyl (C=O) groups is 2. The summed E-state index contributed by atoms with van der Waals surface area (Å²) in [5.41, 5.74) is 0.905. The number of rotatable bonds is 7. The predicted molar refractivity (Wildman–Crippen MR) is 105 cm³/mol. The van der Waals surface area contributed by atoms with Gasteiger partial charge in [0.25, 0.3) is 5.91 Å². The van der Waals surface area contributed by atoms with E-state index in [4.69, 9.17) is 18.9 Å². The molecule has 146 valence electrons. The molecule has 0 spiro atoms. The average molecular weight is 402 g/mol. The number of para-hydroxylation sites is 1. The van der Waals surface area contributed by atoms with Crippen LogP contribution < -0.4 is 19.5 Å². The SMILES string of the molecule is COc1ccc(C(=O)OCC(=O)Nc2nc3ccccc3s2)c(OC)c1OC. The van der Waals surface area contributed by atoms with Crippen LogP contribution in [0.5, 0.6) is 17.2 Å². The van der Waals surface area contributed by atoms with Gasteiger partial charge in [0.1, 0.15) is 5.56 Å². The number of thiazole rings is 1. The Bertz CT molecular complexity index is 984. The van der Waals surface area contributed by atoms with Crippen molar-refractivity contribution in [1.29, 1.82) is 0 Å². The highest BCUT2D eigenvalue weighted by molar-refractivity contribution is 7.22. The predicted octanol–water partition coefficient (Wildman–Crippen LogP) is 3.12. The van der Waals surface area contributed by atoms with E-state index in [1.54, 1.807) is 6.07 Å². The molecule has 0 aliphatic rings. The first kappa shape index (κ1) is 19.4. The lowest BCUT2D eigenvalue weighted by molar-refractivity contribution is -0.119. The number of nitrogens with one attached hydrogen (secondary N) is 1. The number of carbonyl (C=O) groups excluding carboxylic acids is 2. The van der Waals surface area contributed by atoms with Crippen molar-refractivity contribution in [2.75, 3.05) is 33.3 Å². The van der Waals surface area contributed by atoms with Gasteiger partial charge in [-0.15, -0.1) is 0 Å². The van der Waals surface area contributed by atoms with E-state index >= 15 is 0 Å². The van der Waals surface area contributed by atoms with Crippen LogP contribution in [0.3, 0.4) is 0 Å². The summed E-state index contributed by atoms with van der Waals surface area (Å²) < 4.78 is 21.7. The lowest BCUT2D eigenvalue weighted by Gasteiger charge is -2.15. The summed E-state index contributed by atoms with van der Waals surface area (Å²) in [4.78, 5) is 28.8. The molecule has 2 aromatic carbocycles. The van der Waals surface area contributed by atoms with Gasteiger partial charge in [0, 0.05) is 0 Å². The van der Waals surface area contributed by atoms with Crippen LogP contribution in [-0.4, -0.2) is 44.8 Å². The zero-order chi connectivity index (χ0) is 20.1. The fraction of sp³-hybridized carbons (Fsp3) is 0.211. The summed E-state index contributed by atoms with van der Waals surface area (Å²) in [6, 6.07) is 10.6. The van der Waals surface area contributed by atoms with Gasteiger partial charge < -0.3 is 18.9 Å². The fourth-order valence-electron chi connectivity index (χ4n) is 2.55. The van der Waals surface area contributed by atoms with Crippen LogP contribution in [0.1, 0.15) is 10.4 Å². The van der Waals surface area contributed by atoms with E-state index in [9.17, 15) is 9.59 Å². The van der Waals surface area contributed by atoms with Crippen LogP contribution in [0.15, 0.2) is 36.4 Å². The Hall–Kier alpha value is -3.33. The summed E-state index contributed by atoms with van der Waals surface area (Å²) >= 11 is 1.34. The highest BCUT2D eigenvalue weighted by Crippen LogP contribution is 2.39. The second-order valence-corrected chi connectivity index (χ2v) is 6.52. The van der Waals surface area contributed by atoms with E-state index in [1.165, 1.54) is 38.7 Å². The normalized spacial score (nSPS) is 10.4. The van der Waals surface area contributed by atoms with E-state index in [0.717, 1.165) is 10.2 Å².